The topological polar surface area (TPSA) is 96.8 Å². The highest BCUT2D eigenvalue weighted by Crippen LogP contribution is 2.24. The van der Waals surface area contributed by atoms with Gasteiger partial charge >= 0.3 is 0 Å². The highest BCUT2D eigenvalue weighted by atomic mass is 32.2. The average Bonchev–Trinajstić information content (AvgIpc) is 2.49. The second-order valence-electron chi connectivity index (χ2n) is 4.22. The van der Waals surface area contributed by atoms with E-state index in [0.29, 0.717) is 17.0 Å². The van der Waals surface area contributed by atoms with E-state index in [1.165, 1.54) is 30.1 Å². The first-order valence-corrected chi connectivity index (χ1v) is 8.72. The monoisotopic (exact) mass is 319 g/mol. The molecule has 1 heterocycles. The minimum absolute atomic E-state index is 0.0195. The Kier molecular flexibility index (Phi) is 4.83. The van der Waals surface area contributed by atoms with Gasteiger partial charge in [-0.05, 0) is 24.3 Å². The van der Waals surface area contributed by atoms with Crippen molar-refractivity contribution in [2.45, 2.75) is 9.79 Å². The summed E-state index contributed by atoms with van der Waals surface area (Å²) in [6, 6.07) is 9.72. The third-order valence-electron chi connectivity index (χ3n) is 2.74. The number of rotatable bonds is 5. The molecule has 0 amide bonds. The van der Waals surface area contributed by atoms with Gasteiger partial charge in [-0.2, -0.15) is 5.26 Å². The Morgan fingerprint density at radius 2 is 2.14 bits per heavy atom. The normalized spacial score (nSPS) is 11.0. The van der Waals surface area contributed by atoms with Crippen molar-refractivity contribution in [1.82, 2.24) is 4.98 Å². The molecular formula is C14H13N3O2S2. The maximum Gasteiger partial charge on any atom is 0.179 e. The van der Waals surface area contributed by atoms with Crippen LogP contribution >= 0.6 is 11.8 Å². The molecule has 2 N–H and O–H groups in total. The van der Waals surface area contributed by atoms with Gasteiger partial charge in [0.2, 0.25) is 0 Å². The van der Waals surface area contributed by atoms with Crippen molar-refractivity contribution in [3.63, 3.8) is 0 Å². The molecule has 0 atom stereocenters. The van der Waals surface area contributed by atoms with Crippen molar-refractivity contribution in [2.24, 2.45) is 0 Å². The van der Waals surface area contributed by atoms with E-state index in [2.05, 4.69) is 4.98 Å². The number of anilines is 1. The number of nitriles is 1. The van der Waals surface area contributed by atoms with Crippen LogP contribution in [0.25, 0.3) is 0 Å². The van der Waals surface area contributed by atoms with Gasteiger partial charge in [0.25, 0.3) is 0 Å². The maximum atomic E-state index is 12.2. The van der Waals surface area contributed by atoms with E-state index < -0.39 is 9.84 Å². The summed E-state index contributed by atoms with van der Waals surface area (Å²) in [5.74, 6) is 0.363. The Morgan fingerprint density at radius 3 is 2.86 bits per heavy atom. The van der Waals surface area contributed by atoms with Crippen LogP contribution < -0.4 is 5.73 Å². The Labute approximate surface area is 127 Å². The number of hydrogen-bond acceptors (Lipinski definition) is 6. The van der Waals surface area contributed by atoms with Crippen molar-refractivity contribution in [3.8, 4) is 6.07 Å². The van der Waals surface area contributed by atoms with Crippen LogP contribution in [0, 0.1) is 11.3 Å². The van der Waals surface area contributed by atoms with Crippen LogP contribution in [0.1, 0.15) is 5.56 Å². The van der Waals surface area contributed by atoms with Crippen LogP contribution in [-0.2, 0) is 9.84 Å². The van der Waals surface area contributed by atoms with E-state index in [-0.39, 0.29) is 10.6 Å². The molecule has 2 aromatic rings. The summed E-state index contributed by atoms with van der Waals surface area (Å²) < 4.78 is 24.4. The van der Waals surface area contributed by atoms with E-state index >= 15 is 0 Å². The number of nitrogens with zero attached hydrogens (tertiary/aromatic N) is 2. The molecule has 0 aliphatic carbocycles. The number of pyridine rings is 1. The van der Waals surface area contributed by atoms with Crippen molar-refractivity contribution in [2.75, 3.05) is 17.2 Å². The largest absolute Gasteiger partial charge is 0.397 e. The van der Waals surface area contributed by atoms with Crippen LogP contribution in [-0.4, -0.2) is 24.9 Å². The van der Waals surface area contributed by atoms with Gasteiger partial charge in [0.1, 0.15) is 0 Å². The first kappa shape index (κ1) is 15.4. The predicted octanol–water partition coefficient (Wildman–Crippen LogP) is 2.10. The first-order valence-electron chi connectivity index (χ1n) is 6.08. The van der Waals surface area contributed by atoms with E-state index in [0.717, 1.165) is 4.90 Å². The molecule has 7 heteroatoms. The van der Waals surface area contributed by atoms with E-state index in [4.69, 9.17) is 11.0 Å². The number of nitrogen functional groups attached to an aromatic ring is 1. The van der Waals surface area contributed by atoms with Gasteiger partial charge in [-0.15, -0.1) is 11.8 Å². The SMILES string of the molecule is N#Cc1cccc(S(=O)(=O)CCSc2ccncc2N)c1. The molecule has 0 bridgehead atoms. The van der Waals surface area contributed by atoms with Gasteiger partial charge < -0.3 is 5.73 Å². The predicted molar refractivity (Wildman–Crippen MR) is 82.6 cm³/mol. The molecule has 0 spiro atoms. The molecule has 0 aliphatic heterocycles. The Bertz CT molecular complexity index is 783. The molecule has 21 heavy (non-hydrogen) atoms. The number of aromatic nitrogens is 1. The second-order valence-corrected chi connectivity index (χ2v) is 7.47. The van der Waals surface area contributed by atoms with Gasteiger partial charge in [-0.3, -0.25) is 4.98 Å². The Morgan fingerprint density at radius 1 is 1.33 bits per heavy atom. The smallest absolute Gasteiger partial charge is 0.179 e. The van der Waals surface area contributed by atoms with E-state index in [1.54, 1.807) is 24.4 Å². The quantitative estimate of drug-likeness (QED) is 0.848. The molecule has 0 saturated heterocycles. The van der Waals surface area contributed by atoms with Crippen LogP contribution in [0.4, 0.5) is 5.69 Å². The molecule has 108 valence electrons. The average molecular weight is 319 g/mol. The van der Waals surface area contributed by atoms with Gasteiger partial charge in [0.05, 0.1) is 34.2 Å². The van der Waals surface area contributed by atoms with Crippen LogP contribution in [0.5, 0.6) is 0 Å². The lowest BCUT2D eigenvalue weighted by molar-refractivity contribution is 0.597. The van der Waals surface area contributed by atoms with Gasteiger partial charge in [0.15, 0.2) is 9.84 Å². The van der Waals surface area contributed by atoms with Crippen LogP contribution in [0.15, 0.2) is 52.5 Å². The van der Waals surface area contributed by atoms with Crippen LogP contribution in [0.2, 0.25) is 0 Å². The standard InChI is InChI=1S/C14H13N3O2S2/c15-9-11-2-1-3-12(8-11)21(18,19)7-6-20-14-4-5-17-10-13(14)16/h1-5,8,10H,6-7,16H2. The lowest BCUT2D eigenvalue weighted by Gasteiger charge is -2.06. The third-order valence-corrected chi connectivity index (χ3v) is 5.81. The number of sulfone groups is 1. The highest BCUT2D eigenvalue weighted by molar-refractivity contribution is 8.00. The summed E-state index contributed by atoms with van der Waals surface area (Å²) in [7, 11) is -3.40. The lowest BCUT2D eigenvalue weighted by Crippen LogP contribution is -2.09. The summed E-state index contributed by atoms with van der Waals surface area (Å²) >= 11 is 1.37. The summed E-state index contributed by atoms with van der Waals surface area (Å²) in [5.41, 5.74) is 6.62. The fraction of sp³-hybridized carbons (Fsp3) is 0.143. The summed E-state index contributed by atoms with van der Waals surface area (Å²) in [5, 5.41) is 8.81. The Hall–Kier alpha value is -2.04. The molecule has 0 fully saturated rings. The molecule has 0 radical (unpaired) electrons. The molecular weight excluding hydrogens is 306 g/mol. The van der Waals surface area contributed by atoms with Gasteiger partial charge in [-0.1, -0.05) is 6.07 Å². The zero-order chi connectivity index (χ0) is 15.3. The molecule has 1 aromatic carbocycles. The van der Waals surface area contributed by atoms with Crippen molar-refractivity contribution >= 4 is 27.3 Å². The zero-order valence-corrected chi connectivity index (χ0v) is 12.7. The number of benzene rings is 1. The van der Waals surface area contributed by atoms with E-state index in [1.807, 2.05) is 6.07 Å². The molecule has 1 aromatic heterocycles. The maximum absolute atomic E-state index is 12.2. The summed E-state index contributed by atoms with van der Waals surface area (Å²) in [4.78, 5) is 4.86. The number of nitrogens with two attached hydrogens (primary N) is 1. The molecule has 0 unspecified atom stereocenters. The minimum atomic E-state index is -3.40. The van der Waals surface area contributed by atoms with Crippen LogP contribution in [0.3, 0.4) is 0 Å². The number of hydrogen-bond donors (Lipinski definition) is 1. The Balaban J connectivity index is 2.05. The summed E-state index contributed by atoms with van der Waals surface area (Å²) in [6.45, 7) is 0. The molecule has 2 rings (SSSR count). The zero-order valence-electron chi connectivity index (χ0n) is 11.1. The summed E-state index contributed by atoms with van der Waals surface area (Å²) in [6.07, 6.45) is 3.15. The van der Waals surface area contributed by atoms with E-state index in [9.17, 15) is 8.42 Å². The minimum Gasteiger partial charge on any atom is -0.397 e. The van der Waals surface area contributed by atoms with Crippen molar-refractivity contribution in [1.29, 1.82) is 5.26 Å². The van der Waals surface area contributed by atoms with Crippen molar-refractivity contribution in [3.05, 3.63) is 48.3 Å². The fourth-order valence-electron chi connectivity index (χ4n) is 1.66. The second kappa shape index (κ2) is 6.61. The van der Waals surface area contributed by atoms with Crippen molar-refractivity contribution < 1.29 is 8.42 Å². The first-order chi connectivity index (χ1) is 10.0. The molecule has 0 saturated carbocycles. The molecule has 0 aliphatic rings. The molecule has 5 nitrogen and oxygen atoms in total. The number of thioether (sulfide) groups is 1. The lowest BCUT2D eigenvalue weighted by atomic mass is 10.2. The van der Waals surface area contributed by atoms with Gasteiger partial charge in [0, 0.05) is 16.8 Å². The third kappa shape index (κ3) is 3.97. The fourth-order valence-corrected chi connectivity index (χ4v) is 4.30. The van der Waals surface area contributed by atoms with Gasteiger partial charge in [-0.25, -0.2) is 8.42 Å². The highest BCUT2D eigenvalue weighted by Gasteiger charge is 2.15.